The van der Waals surface area contributed by atoms with Crippen molar-refractivity contribution in [2.75, 3.05) is 26.8 Å². The van der Waals surface area contributed by atoms with Gasteiger partial charge in [-0.2, -0.15) is 0 Å². The fourth-order valence-corrected chi connectivity index (χ4v) is 3.18. The first-order chi connectivity index (χ1) is 14.1. The summed E-state index contributed by atoms with van der Waals surface area (Å²) in [6, 6.07) is 9.97. The molecule has 164 valence electrons. The van der Waals surface area contributed by atoms with Gasteiger partial charge in [0.2, 0.25) is 0 Å². The minimum atomic E-state index is -0.535. The van der Waals surface area contributed by atoms with Gasteiger partial charge in [-0.05, 0) is 37.1 Å². The number of halogens is 3. The second-order valence-corrected chi connectivity index (χ2v) is 7.02. The van der Waals surface area contributed by atoms with Crippen LogP contribution < -0.4 is 15.4 Å². The average molecular weight is 531 g/mol. The van der Waals surface area contributed by atoms with Crippen LogP contribution in [0.1, 0.15) is 23.1 Å². The fourth-order valence-electron chi connectivity index (χ4n) is 3.18. The van der Waals surface area contributed by atoms with Gasteiger partial charge in [0.05, 0.1) is 13.2 Å². The molecule has 2 N–H and O–H groups in total. The van der Waals surface area contributed by atoms with Gasteiger partial charge in [0.25, 0.3) is 0 Å². The quantitative estimate of drug-likeness (QED) is 0.323. The Balaban J connectivity index is 0.00000320. The van der Waals surface area contributed by atoms with E-state index in [2.05, 4.69) is 15.6 Å². The molecule has 5 nitrogen and oxygen atoms in total. The van der Waals surface area contributed by atoms with Crippen LogP contribution in [0.2, 0.25) is 0 Å². The topological polar surface area (TPSA) is 54.9 Å². The van der Waals surface area contributed by atoms with Crippen LogP contribution in [0.5, 0.6) is 5.75 Å². The van der Waals surface area contributed by atoms with Gasteiger partial charge in [-0.1, -0.05) is 18.2 Å². The number of hydrogen-bond acceptors (Lipinski definition) is 3. The monoisotopic (exact) mass is 531 g/mol. The Kier molecular flexibility index (Phi) is 9.77. The first kappa shape index (κ1) is 24.3. The summed E-state index contributed by atoms with van der Waals surface area (Å²) < 4.78 is 39.0. The van der Waals surface area contributed by atoms with Crippen molar-refractivity contribution in [3.63, 3.8) is 0 Å². The van der Waals surface area contributed by atoms with Gasteiger partial charge >= 0.3 is 0 Å². The van der Waals surface area contributed by atoms with E-state index >= 15 is 0 Å². The molecule has 1 aliphatic rings. The molecule has 1 fully saturated rings. The van der Waals surface area contributed by atoms with E-state index in [0.717, 1.165) is 29.9 Å². The second kappa shape index (κ2) is 12.0. The lowest BCUT2D eigenvalue weighted by atomic mass is 10.1. The molecule has 2 aromatic rings. The normalized spacial score (nSPS) is 16.1. The highest BCUT2D eigenvalue weighted by Crippen LogP contribution is 2.23. The number of ether oxygens (including phenoxy) is 2. The van der Waals surface area contributed by atoms with Gasteiger partial charge in [0.1, 0.15) is 23.5 Å². The molecule has 0 aromatic heterocycles. The van der Waals surface area contributed by atoms with E-state index in [9.17, 15) is 8.78 Å². The number of aryl methyl sites for hydroxylation is 1. The zero-order valence-electron chi connectivity index (χ0n) is 17.2. The number of rotatable bonds is 7. The number of nitrogens with one attached hydrogen (secondary N) is 2. The molecule has 8 heteroatoms. The average Bonchev–Trinajstić information content (AvgIpc) is 3.21. The molecule has 1 saturated heterocycles. The molecule has 0 amide bonds. The Morgan fingerprint density at radius 2 is 1.97 bits per heavy atom. The summed E-state index contributed by atoms with van der Waals surface area (Å²) in [5, 5.41) is 6.32. The Morgan fingerprint density at radius 1 is 1.20 bits per heavy atom. The van der Waals surface area contributed by atoms with Crippen molar-refractivity contribution in [3.8, 4) is 5.75 Å². The molecule has 0 radical (unpaired) electrons. The van der Waals surface area contributed by atoms with E-state index in [-0.39, 0.29) is 42.1 Å². The van der Waals surface area contributed by atoms with E-state index in [1.807, 2.05) is 25.1 Å². The minimum Gasteiger partial charge on any atom is -0.488 e. The standard InChI is InChI=1S/C22H27F2N3O2.HI/c1-15-6-7-16(21(12-15)29-17-9-11-28-14-17)13-27-22(25-2)26-10-8-18-19(23)4-3-5-20(18)24;/h3-7,12,17H,8-11,13-14H2,1-2H3,(H2,25,26,27);1H. The molecule has 0 aliphatic carbocycles. The van der Waals surface area contributed by atoms with Gasteiger partial charge in [-0.25, -0.2) is 8.78 Å². The van der Waals surface area contributed by atoms with Crippen LogP contribution in [-0.2, 0) is 17.7 Å². The molecular weight excluding hydrogens is 503 g/mol. The maximum atomic E-state index is 13.7. The molecular formula is C22H28F2IN3O2. The van der Waals surface area contributed by atoms with Gasteiger partial charge in [-0.3, -0.25) is 4.99 Å². The Bertz CT molecular complexity index is 838. The molecule has 1 atom stereocenters. The van der Waals surface area contributed by atoms with Crippen molar-refractivity contribution in [2.45, 2.75) is 32.4 Å². The highest BCUT2D eigenvalue weighted by Gasteiger charge is 2.19. The number of aliphatic imine (C=N–C) groups is 1. The van der Waals surface area contributed by atoms with Crippen molar-refractivity contribution in [1.29, 1.82) is 0 Å². The van der Waals surface area contributed by atoms with Gasteiger partial charge in [0, 0.05) is 37.7 Å². The van der Waals surface area contributed by atoms with Crippen molar-refractivity contribution in [2.24, 2.45) is 4.99 Å². The summed E-state index contributed by atoms with van der Waals surface area (Å²) in [4.78, 5) is 4.18. The molecule has 0 spiro atoms. The van der Waals surface area contributed by atoms with Gasteiger partial charge in [0.15, 0.2) is 5.96 Å². The van der Waals surface area contributed by atoms with Crippen molar-refractivity contribution >= 4 is 29.9 Å². The summed E-state index contributed by atoms with van der Waals surface area (Å²) in [5.74, 6) is 0.313. The van der Waals surface area contributed by atoms with E-state index in [1.165, 1.54) is 18.2 Å². The largest absolute Gasteiger partial charge is 0.488 e. The maximum absolute atomic E-state index is 13.7. The third-order valence-corrected chi connectivity index (χ3v) is 4.80. The molecule has 0 saturated carbocycles. The van der Waals surface area contributed by atoms with Crippen LogP contribution in [0, 0.1) is 18.6 Å². The molecule has 1 unspecified atom stereocenters. The Labute approximate surface area is 193 Å². The number of guanidine groups is 1. The number of nitrogens with zero attached hydrogens (tertiary/aromatic N) is 1. The van der Waals surface area contributed by atoms with Crippen LogP contribution in [0.4, 0.5) is 8.78 Å². The highest BCUT2D eigenvalue weighted by atomic mass is 127. The van der Waals surface area contributed by atoms with Crippen molar-refractivity contribution in [1.82, 2.24) is 10.6 Å². The number of benzene rings is 2. The molecule has 0 bridgehead atoms. The predicted octanol–water partition coefficient (Wildman–Crippen LogP) is 3.97. The zero-order chi connectivity index (χ0) is 20.6. The third-order valence-electron chi connectivity index (χ3n) is 4.80. The molecule has 1 heterocycles. The lowest BCUT2D eigenvalue weighted by molar-refractivity contribution is 0.140. The molecule has 3 rings (SSSR count). The first-order valence-corrected chi connectivity index (χ1v) is 9.78. The molecule has 1 aliphatic heterocycles. The van der Waals surface area contributed by atoms with Crippen LogP contribution in [0.15, 0.2) is 41.4 Å². The van der Waals surface area contributed by atoms with Crippen LogP contribution >= 0.6 is 24.0 Å². The molecule has 30 heavy (non-hydrogen) atoms. The van der Waals surface area contributed by atoms with Crippen LogP contribution in [0.25, 0.3) is 0 Å². The second-order valence-electron chi connectivity index (χ2n) is 7.02. The number of hydrogen-bond donors (Lipinski definition) is 2. The molecule has 2 aromatic carbocycles. The maximum Gasteiger partial charge on any atom is 0.191 e. The van der Waals surface area contributed by atoms with Gasteiger partial charge < -0.3 is 20.1 Å². The predicted molar refractivity (Wildman–Crippen MR) is 125 cm³/mol. The smallest absolute Gasteiger partial charge is 0.191 e. The van der Waals surface area contributed by atoms with Crippen molar-refractivity contribution in [3.05, 3.63) is 64.7 Å². The lowest BCUT2D eigenvalue weighted by Gasteiger charge is -2.18. The van der Waals surface area contributed by atoms with E-state index in [4.69, 9.17) is 9.47 Å². The summed E-state index contributed by atoms with van der Waals surface area (Å²) in [6.45, 7) is 4.22. The summed E-state index contributed by atoms with van der Waals surface area (Å²) in [6.07, 6.45) is 1.18. The van der Waals surface area contributed by atoms with Crippen molar-refractivity contribution < 1.29 is 18.3 Å². The fraction of sp³-hybridized carbons (Fsp3) is 0.409. The van der Waals surface area contributed by atoms with E-state index in [0.29, 0.717) is 25.7 Å². The summed E-state index contributed by atoms with van der Waals surface area (Å²) in [7, 11) is 1.65. The summed E-state index contributed by atoms with van der Waals surface area (Å²) >= 11 is 0. The van der Waals surface area contributed by atoms with Gasteiger partial charge in [-0.15, -0.1) is 24.0 Å². The SMILES string of the molecule is CN=C(NCCc1c(F)cccc1F)NCc1ccc(C)cc1OC1CCOC1.I. The van der Waals surface area contributed by atoms with Crippen LogP contribution in [0.3, 0.4) is 0 Å². The first-order valence-electron chi connectivity index (χ1n) is 9.78. The van der Waals surface area contributed by atoms with E-state index in [1.54, 1.807) is 7.05 Å². The van der Waals surface area contributed by atoms with Crippen LogP contribution in [-0.4, -0.2) is 38.9 Å². The third kappa shape index (κ3) is 6.80. The summed E-state index contributed by atoms with van der Waals surface area (Å²) in [5.41, 5.74) is 2.20. The zero-order valence-corrected chi connectivity index (χ0v) is 19.5. The minimum absolute atomic E-state index is 0. The highest BCUT2D eigenvalue weighted by molar-refractivity contribution is 14.0. The van der Waals surface area contributed by atoms with E-state index < -0.39 is 11.6 Å². The Hall–Kier alpha value is -1.94. The lowest BCUT2D eigenvalue weighted by Crippen LogP contribution is -2.38. The Morgan fingerprint density at radius 3 is 2.63 bits per heavy atom.